The van der Waals surface area contributed by atoms with Gasteiger partial charge < -0.3 is 9.64 Å². The Morgan fingerprint density at radius 2 is 1.76 bits per heavy atom. The standard InChI is InChI=1S/C17H21N3O/c1-13-5-7-15(8-6-13)12-21-16-11-14(2)18-17(19-16)20-9-3-4-10-20/h5-8,11H,3-4,9-10,12H2,1-2H3. The number of aromatic nitrogens is 2. The largest absolute Gasteiger partial charge is 0.473 e. The van der Waals surface area contributed by atoms with Crippen molar-refractivity contribution in [1.82, 2.24) is 9.97 Å². The van der Waals surface area contributed by atoms with Crippen molar-refractivity contribution in [1.29, 1.82) is 0 Å². The van der Waals surface area contributed by atoms with Gasteiger partial charge in [-0.3, -0.25) is 0 Å². The fourth-order valence-corrected chi connectivity index (χ4v) is 2.50. The molecule has 0 radical (unpaired) electrons. The first-order valence-corrected chi connectivity index (χ1v) is 7.50. The van der Waals surface area contributed by atoms with E-state index in [4.69, 9.17) is 4.74 Å². The van der Waals surface area contributed by atoms with Gasteiger partial charge in [-0.25, -0.2) is 4.98 Å². The van der Waals surface area contributed by atoms with E-state index in [1.54, 1.807) is 0 Å². The topological polar surface area (TPSA) is 38.2 Å². The number of nitrogens with zero attached hydrogens (tertiary/aromatic N) is 3. The maximum absolute atomic E-state index is 5.84. The molecule has 0 saturated carbocycles. The Bertz CT molecular complexity index is 604. The summed E-state index contributed by atoms with van der Waals surface area (Å²) in [5, 5.41) is 0. The zero-order chi connectivity index (χ0) is 14.7. The molecule has 0 amide bonds. The zero-order valence-electron chi connectivity index (χ0n) is 12.7. The Morgan fingerprint density at radius 3 is 2.48 bits per heavy atom. The number of ether oxygens (including phenoxy) is 1. The second-order valence-electron chi connectivity index (χ2n) is 5.62. The Kier molecular flexibility index (Phi) is 4.04. The van der Waals surface area contributed by atoms with Gasteiger partial charge in [-0.15, -0.1) is 0 Å². The van der Waals surface area contributed by atoms with Crippen molar-refractivity contribution in [2.24, 2.45) is 0 Å². The van der Waals surface area contributed by atoms with Gasteiger partial charge >= 0.3 is 0 Å². The van der Waals surface area contributed by atoms with Crippen molar-refractivity contribution < 1.29 is 4.74 Å². The third-order valence-corrected chi connectivity index (χ3v) is 3.72. The number of aryl methyl sites for hydroxylation is 2. The Morgan fingerprint density at radius 1 is 1.05 bits per heavy atom. The molecule has 1 fully saturated rings. The summed E-state index contributed by atoms with van der Waals surface area (Å²) in [6.45, 7) is 6.69. The van der Waals surface area contributed by atoms with Gasteiger partial charge in [-0.05, 0) is 32.3 Å². The SMILES string of the molecule is Cc1ccc(COc2cc(C)nc(N3CCCC3)n2)cc1. The van der Waals surface area contributed by atoms with Crippen molar-refractivity contribution in [3.05, 3.63) is 47.2 Å². The van der Waals surface area contributed by atoms with Gasteiger partial charge in [0.2, 0.25) is 11.8 Å². The molecule has 1 aromatic heterocycles. The minimum Gasteiger partial charge on any atom is -0.473 e. The molecule has 1 aliphatic rings. The number of hydrogen-bond acceptors (Lipinski definition) is 4. The van der Waals surface area contributed by atoms with E-state index in [0.29, 0.717) is 12.5 Å². The van der Waals surface area contributed by atoms with Crippen LogP contribution in [0.25, 0.3) is 0 Å². The van der Waals surface area contributed by atoms with E-state index in [0.717, 1.165) is 30.3 Å². The molecule has 0 spiro atoms. The van der Waals surface area contributed by atoms with Crippen LogP contribution in [0.15, 0.2) is 30.3 Å². The first-order chi connectivity index (χ1) is 10.2. The summed E-state index contributed by atoms with van der Waals surface area (Å²) >= 11 is 0. The molecule has 0 N–H and O–H groups in total. The van der Waals surface area contributed by atoms with Gasteiger partial charge in [0, 0.05) is 24.8 Å². The third-order valence-electron chi connectivity index (χ3n) is 3.72. The lowest BCUT2D eigenvalue weighted by Crippen LogP contribution is -2.21. The Balaban J connectivity index is 1.71. The van der Waals surface area contributed by atoms with Crippen LogP contribution in [0.4, 0.5) is 5.95 Å². The summed E-state index contributed by atoms with van der Waals surface area (Å²) in [6.07, 6.45) is 2.44. The van der Waals surface area contributed by atoms with E-state index in [2.05, 4.69) is 46.1 Å². The van der Waals surface area contributed by atoms with Crippen LogP contribution in [0.1, 0.15) is 29.7 Å². The van der Waals surface area contributed by atoms with Crippen LogP contribution in [0.5, 0.6) is 5.88 Å². The van der Waals surface area contributed by atoms with Crippen LogP contribution >= 0.6 is 0 Å². The van der Waals surface area contributed by atoms with Crippen molar-refractivity contribution in [3.8, 4) is 5.88 Å². The van der Waals surface area contributed by atoms with Gasteiger partial charge in [0.25, 0.3) is 0 Å². The Hall–Kier alpha value is -2.10. The smallest absolute Gasteiger partial charge is 0.228 e. The van der Waals surface area contributed by atoms with Crippen LogP contribution in [-0.2, 0) is 6.61 Å². The lowest BCUT2D eigenvalue weighted by molar-refractivity contribution is 0.293. The summed E-state index contributed by atoms with van der Waals surface area (Å²) in [5.74, 6) is 1.45. The van der Waals surface area contributed by atoms with E-state index in [1.807, 2.05) is 13.0 Å². The zero-order valence-corrected chi connectivity index (χ0v) is 12.7. The van der Waals surface area contributed by atoms with E-state index >= 15 is 0 Å². The minimum absolute atomic E-state index is 0.538. The maximum Gasteiger partial charge on any atom is 0.228 e. The van der Waals surface area contributed by atoms with Crippen LogP contribution < -0.4 is 9.64 Å². The van der Waals surface area contributed by atoms with E-state index in [1.165, 1.54) is 18.4 Å². The highest BCUT2D eigenvalue weighted by Gasteiger charge is 2.16. The van der Waals surface area contributed by atoms with E-state index in [-0.39, 0.29) is 0 Å². The van der Waals surface area contributed by atoms with E-state index in [9.17, 15) is 0 Å². The maximum atomic E-state index is 5.84. The number of rotatable bonds is 4. The summed E-state index contributed by atoms with van der Waals surface area (Å²) in [6, 6.07) is 10.3. The highest BCUT2D eigenvalue weighted by molar-refractivity contribution is 5.35. The molecule has 0 unspecified atom stereocenters. The van der Waals surface area contributed by atoms with Crippen molar-refractivity contribution in [2.45, 2.75) is 33.3 Å². The normalized spacial score (nSPS) is 14.5. The molecule has 4 heteroatoms. The average molecular weight is 283 g/mol. The third kappa shape index (κ3) is 3.51. The van der Waals surface area contributed by atoms with Gasteiger partial charge in [0.15, 0.2) is 0 Å². The first kappa shape index (κ1) is 13.9. The molecule has 2 aromatic rings. The number of benzene rings is 1. The highest BCUT2D eigenvalue weighted by atomic mass is 16.5. The second kappa shape index (κ2) is 6.12. The summed E-state index contributed by atoms with van der Waals surface area (Å²) in [4.78, 5) is 11.3. The molecule has 4 nitrogen and oxygen atoms in total. The molecule has 1 aromatic carbocycles. The number of anilines is 1. The molecule has 3 rings (SSSR count). The summed E-state index contributed by atoms with van der Waals surface area (Å²) in [7, 11) is 0. The minimum atomic E-state index is 0.538. The molecule has 110 valence electrons. The van der Waals surface area contributed by atoms with Gasteiger partial charge in [-0.1, -0.05) is 29.8 Å². The molecule has 0 aliphatic carbocycles. The van der Waals surface area contributed by atoms with Crippen LogP contribution in [0.3, 0.4) is 0 Å². The molecule has 0 atom stereocenters. The molecule has 1 aliphatic heterocycles. The van der Waals surface area contributed by atoms with Crippen molar-refractivity contribution in [3.63, 3.8) is 0 Å². The van der Waals surface area contributed by atoms with Crippen LogP contribution in [-0.4, -0.2) is 23.1 Å². The quantitative estimate of drug-likeness (QED) is 0.863. The lowest BCUT2D eigenvalue weighted by atomic mass is 10.2. The second-order valence-corrected chi connectivity index (χ2v) is 5.62. The predicted molar refractivity (Wildman–Crippen MR) is 83.7 cm³/mol. The fourth-order valence-electron chi connectivity index (χ4n) is 2.50. The van der Waals surface area contributed by atoms with Crippen LogP contribution in [0.2, 0.25) is 0 Å². The van der Waals surface area contributed by atoms with Crippen molar-refractivity contribution in [2.75, 3.05) is 18.0 Å². The Labute approximate surface area is 125 Å². The monoisotopic (exact) mass is 283 g/mol. The molecular formula is C17H21N3O. The molecule has 0 bridgehead atoms. The summed E-state index contributed by atoms with van der Waals surface area (Å²) < 4.78 is 5.84. The highest BCUT2D eigenvalue weighted by Crippen LogP contribution is 2.20. The molecule has 1 saturated heterocycles. The average Bonchev–Trinajstić information content (AvgIpc) is 3.00. The molecular weight excluding hydrogens is 262 g/mol. The van der Waals surface area contributed by atoms with Gasteiger partial charge in [0.05, 0.1) is 0 Å². The predicted octanol–water partition coefficient (Wildman–Crippen LogP) is 3.27. The molecule has 2 heterocycles. The van der Waals surface area contributed by atoms with Gasteiger partial charge in [0.1, 0.15) is 6.61 Å². The van der Waals surface area contributed by atoms with Gasteiger partial charge in [-0.2, -0.15) is 4.98 Å². The first-order valence-electron chi connectivity index (χ1n) is 7.50. The van der Waals surface area contributed by atoms with Crippen molar-refractivity contribution >= 4 is 5.95 Å². The lowest BCUT2D eigenvalue weighted by Gasteiger charge is -2.16. The fraction of sp³-hybridized carbons (Fsp3) is 0.412. The van der Waals surface area contributed by atoms with E-state index < -0.39 is 0 Å². The summed E-state index contributed by atoms with van der Waals surface area (Å²) in [5.41, 5.74) is 3.36. The van der Waals surface area contributed by atoms with Crippen LogP contribution in [0, 0.1) is 13.8 Å². The number of hydrogen-bond donors (Lipinski definition) is 0. The molecule has 21 heavy (non-hydrogen) atoms.